The number of carbonyl (C=O) groups is 1. The van der Waals surface area contributed by atoms with Crippen LogP contribution in [0, 0.1) is 0 Å². The summed E-state index contributed by atoms with van der Waals surface area (Å²) in [6.45, 7) is 6.14. The summed E-state index contributed by atoms with van der Waals surface area (Å²) in [5.41, 5.74) is 3.71. The lowest BCUT2D eigenvalue weighted by atomic mass is 10.0. The highest BCUT2D eigenvalue weighted by atomic mass is 16.5. The Balaban J connectivity index is 2.59. The van der Waals surface area contributed by atoms with Crippen molar-refractivity contribution in [3.63, 3.8) is 0 Å². The van der Waals surface area contributed by atoms with E-state index in [2.05, 4.69) is 44.2 Å². The molecule has 20 heavy (non-hydrogen) atoms. The van der Waals surface area contributed by atoms with Gasteiger partial charge >= 0.3 is 5.97 Å². The maximum Gasteiger partial charge on any atom is 0.302 e. The van der Waals surface area contributed by atoms with E-state index in [1.54, 1.807) is 0 Å². The molecule has 0 amide bonds. The van der Waals surface area contributed by atoms with Gasteiger partial charge in [-0.15, -0.1) is 0 Å². The van der Waals surface area contributed by atoms with Crippen molar-refractivity contribution in [3.8, 4) is 0 Å². The largest absolute Gasteiger partial charge is 0.461 e. The maximum absolute atomic E-state index is 10.8. The van der Waals surface area contributed by atoms with E-state index >= 15 is 0 Å². The second-order valence-corrected chi connectivity index (χ2v) is 5.14. The maximum atomic E-state index is 10.8. The number of hydrogen-bond donors (Lipinski definition) is 0. The number of aryl methyl sites for hydroxylation is 1. The quantitative estimate of drug-likeness (QED) is 0.504. The van der Waals surface area contributed by atoms with Crippen LogP contribution in [0.15, 0.2) is 29.8 Å². The summed E-state index contributed by atoms with van der Waals surface area (Å²) >= 11 is 0. The lowest BCUT2D eigenvalue weighted by Crippen LogP contribution is -2.02. The van der Waals surface area contributed by atoms with Gasteiger partial charge in [-0.25, -0.2) is 0 Å². The Hall–Kier alpha value is -1.57. The molecule has 0 aromatic heterocycles. The van der Waals surface area contributed by atoms with E-state index in [4.69, 9.17) is 4.74 Å². The molecule has 0 saturated carbocycles. The summed E-state index contributed by atoms with van der Waals surface area (Å²) in [6.07, 6.45) is 7.98. The molecule has 0 aliphatic rings. The van der Waals surface area contributed by atoms with Crippen LogP contribution in [0.3, 0.4) is 0 Å². The minimum absolute atomic E-state index is 0.226. The summed E-state index contributed by atoms with van der Waals surface area (Å²) in [5, 5.41) is 0. The van der Waals surface area contributed by atoms with E-state index in [0.29, 0.717) is 6.61 Å². The highest BCUT2D eigenvalue weighted by Gasteiger charge is 1.99. The van der Waals surface area contributed by atoms with E-state index < -0.39 is 0 Å². The van der Waals surface area contributed by atoms with Crippen LogP contribution in [0.2, 0.25) is 0 Å². The van der Waals surface area contributed by atoms with Crippen LogP contribution < -0.4 is 0 Å². The number of esters is 1. The predicted molar refractivity (Wildman–Crippen MR) is 84.6 cm³/mol. The van der Waals surface area contributed by atoms with Gasteiger partial charge in [-0.3, -0.25) is 4.79 Å². The minimum Gasteiger partial charge on any atom is -0.461 e. The standard InChI is InChI=1S/C18H26O2/c1-4-6-7-8-17-9-11-18(12-10-17)13-16(5-2)14-20-15(3)19/h9-13H,4-8,14H2,1-3H3. The van der Waals surface area contributed by atoms with Crippen molar-refractivity contribution in [2.24, 2.45) is 0 Å². The van der Waals surface area contributed by atoms with Crippen LogP contribution in [-0.2, 0) is 16.0 Å². The number of benzene rings is 1. The van der Waals surface area contributed by atoms with Gasteiger partial charge in [0.2, 0.25) is 0 Å². The van der Waals surface area contributed by atoms with E-state index in [9.17, 15) is 4.79 Å². The zero-order chi connectivity index (χ0) is 14.8. The van der Waals surface area contributed by atoms with Crippen molar-refractivity contribution in [2.75, 3.05) is 6.61 Å². The van der Waals surface area contributed by atoms with Crippen molar-refractivity contribution >= 4 is 12.0 Å². The van der Waals surface area contributed by atoms with Crippen LogP contribution in [0.1, 0.15) is 57.6 Å². The fraction of sp³-hybridized carbons (Fsp3) is 0.500. The lowest BCUT2D eigenvalue weighted by Gasteiger charge is -2.06. The van der Waals surface area contributed by atoms with Crippen LogP contribution in [0.25, 0.3) is 6.08 Å². The summed E-state index contributed by atoms with van der Waals surface area (Å²) in [4.78, 5) is 10.8. The van der Waals surface area contributed by atoms with Gasteiger partial charge in [-0.1, -0.05) is 57.0 Å². The zero-order valence-corrected chi connectivity index (χ0v) is 12.9. The second kappa shape index (κ2) is 9.35. The van der Waals surface area contributed by atoms with Crippen LogP contribution in [-0.4, -0.2) is 12.6 Å². The molecular formula is C18H26O2. The smallest absolute Gasteiger partial charge is 0.302 e. The highest BCUT2D eigenvalue weighted by Crippen LogP contribution is 2.13. The molecule has 2 heteroatoms. The first-order valence-corrected chi connectivity index (χ1v) is 7.57. The zero-order valence-electron chi connectivity index (χ0n) is 12.9. The lowest BCUT2D eigenvalue weighted by molar-refractivity contribution is -0.139. The van der Waals surface area contributed by atoms with Gasteiger partial charge in [0.05, 0.1) is 0 Å². The number of ether oxygens (including phenoxy) is 1. The molecule has 0 aliphatic heterocycles. The average Bonchev–Trinajstić information content (AvgIpc) is 2.45. The fourth-order valence-electron chi connectivity index (χ4n) is 2.04. The molecule has 0 heterocycles. The van der Waals surface area contributed by atoms with E-state index in [1.165, 1.54) is 37.3 Å². The summed E-state index contributed by atoms with van der Waals surface area (Å²) in [6, 6.07) is 8.68. The molecule has 0 atom stereocenters. The fourth-order valence-corrected chi connectivity index (χ4v) is 2.04. The molecule has 2 nitrogen and oxygen atoms in total. The molecule has 110 valence electrons. The molecule has 0 N–H and O–H groups in total. The molecule has 1 rings (SSSR count). The third-order valence-corrected chi connectivity index (χ3v) is 3.33. The Bertz CT molecular complexity index is 429. The average molecular weight is 274 g/mol. The Morgan fingerprint density at radius 3 is 2.40 bits per heavy atom. The van der Waals surface area contributed by atoms with Crippen molar-refractivity contribution in [1.82, 2.24) is 0 Å². The first-order chi connectivity index (χ1) is 9.65. The highest BCUT2D eigenvalue weighted by molar-refractivity contribution is 5.66. The summed E-state index contributed by atoms with van der Waals surface area (Å²) in [5.74, 6) is -0.226. The van der Waals surface area contributed by atoms with Crippen LogP contribution in [0.4, 0.5) is 0 Å². The first kappa shape index (κ1) is 16.5. The molecule has 0 fully saturated rings. The molecule has 1 aromatic rings. The number of unbranched alkanes of at least 4 members (excludes halogenated alkanes) is 2. The Morgan fingerprint density at radius 1 is 1.15 bits per heavy atom. The third kappa shape index (κ3) is 6.55. The van der Waals surface area contributed by atoms with Gasteiger partial charge in [0.25, 0.3) is 0 Å². The number of hydrogen-bond acceptors (Lipinski definition) is 2. The van der Waals surface area contributed by atoms with Gasteiger partial charge in [0.1, 0.15) is 6.61 Å². The van der Waals surface area contributed by atoms with Crippen LogP contribution in [0.5, 0.6) is 0 Å². The van der Waals surface area contributed by atoms with E-state index in [-0.39, 0.29) is 5.97 Å². The second-order valence-electron chi connectivity index (χ2n) is 5.14. The summed E-state index contributed by atoms with van der Waals surface area (Å²) in [7, 11) is 0. The first-order valence-electron chi connectivity index (χ1n) is 7.57. The van der Waals surface area contributed by atoms with E-state index in [0.717, 1.165) is 18.4 Å². The van der Waals surface area contributed by atoms with Gasteiger partial charge in [-0.05, 0) is 36.0 Å². The molecule has 0 spiro atoms. The molecule has 0 aliphatic carbocycles. The molecule has 0 bridgehead atoms. The number of carbonyl (C=O) groups excluding carboxylic acids is 1. The van der Waals surface area contributed by atoms with Gasteiger partial charge in [-0.2, -0.15) is 0 Å². The molecule has 0 saturated heterocycles. The SMILES string of the molecule is CCCCCc1ccc(C=C(CC)COC(C)=O)cc1. The topological polar surface area (TPSA) is 26.3 Å². The third-order valence-electron chi connectivity index (χ3n) is 3.33. The summed E-state index contributed by atoms with van der Waals surface area (Å²) < 4.78 is 5.05. The molecular weight excluding hydrogens is 248 g/mol. The van der Waals surface area contributed by atoms with Crippen molar-refractivity contribution in [3.05, 3.63) is 41.0 Å². The van der Waals surface area contributed by atoms with Crippen LogP contribution >= 0.6 is 0 Å². The minimum atomic E-state index is -0.226. The van der Waals surface area contributed by atoms with Gasteiger partial charge in [0, 0.05) is 6.92 Å². The van der Waals surface area contributed by atoms with Crippen molar-refractivity contribution < 1.29 is 9.53 Å². The predicted octanol–water partition coefficient (Wildman–Crippen LogP) is 4.78. The molecule has 0 unspecified atom stereocenters. The van der Waals surface area contributed by atoms with Crippen molar-refractivity contribution in [1.29, 1.82) is 0 Å². The van der Waals surface area contributed by atoms with Gasteiger partial charge < -0.3 is 4.74 Å². The molecule has 0 radical (unpaired) electrons. The van der Waals surface area contributed by atoms with Crippen molar-refractivity contribution in [2.45, 2.75) is 52.9 Å². The normalized spacial score (nSPS) is 11.4. The van der Waals surface area contributed by atoms with Gasteiger partial charge in [0.15, 0.2) is 0 Å². The van der Waals surface area contributed by atoms with E-state index in [1.807, 2.05) is 0 Å². The Morgan fingerprint density at radius 2 is 1.85 bits per heavy atom. The Labute approximate surface area is 122 Å². The number of rotatable bonds is 8. The Kier molecular flexibility index (Phi) is 7.71. The molecule has 1 aromatic carbocycles. The monoisotopic (exact) mass is 274 g/mol.